The van der Waals surface area contributed by atoms with Crippen LogP contribution in [0.25, 0.3) is 0 Å². The first-order chi connectivity index (χ1) is 11.8. The number of halogens is 1. The summed E-state index contributed by atoms with van der Waals surface area (Å²) in [4.78, 5) is 0.231. The van der Waals surface area contributed by atoms with Crippen molar-refractivity contribution in [2.75, 3.05) is 17.8 Å². The third-order valence-electron chi connectivity index (χ3n) is 3.93. The predicted octanol–water partition coefficient (Wildman–Crippen LogP) is 2.93. The molecule has 3 rings (SSSR count). The van der Waals surface area contributed by atoms with Crippen molar-refractivity contribution in [2.24, 2.45) is 0 Å². The van der Waals surface area contributed by atoms with E-state index in [0.717, 1.165) is 12.8 Å². The zero-order chi connectivity index (χ0) is 18.1. The fourth-order valence-electron chi connectivity index (χ4n) is 2.60. The molecule has 0 spiro atoms. The summed E-state index contributed by atoms with van der Waals surface area (Å²) in [6, 6.07) is 11.5. The molecule has 0 atom stereocenters. The van der Waals surface area contributed by atoms with Crippen LogP contribution in [-0.2, 0) is 20.0 Å². The molecule has 1 heterocycles. The van der Waals surface area contributed by atoms with Gasteiger partial charge in [0.2, 0.25) is 10.0 Å². The minimum atomic E-state index is -3.76. The molecule has 2 aromatic carbocycles. The van der Waals surface area contributed by atoms with Crippen LogP contribution in [-0.4, -0.2) is 34.2 Å². The molecule has 0 saturated carbocycles. The second-order valence-electron chi connectivity index (χ2n) is 5.69. The lowest BCUT2D eigenvalue weighted by atomic mass is 10.3. The Kier molecular flexibility index (Phi) is 5.06. The van der Waals surface area contributed by atoms with Crippen LogP contribution in [0.15, 0.2) is 58.3 Å². The van der Waals surface area contributed by atoms with Gasteiger partial charge in [0.05, 0.1) is 9.79 Å². The Balaban J connectivity index is 1.79. The van der Waals surface area contributed by atoms with Crippen LogP contribution in [0, 0.1) is 0 Å². The van der Waals surface area contributed by atoms with Crippen molar-refractivity contribution < 1.29 is 16.8 Å². The van der Waals surface area contributed by atoms with Gasteiger partial charge in [-0.1, -0.05) is 11.6 Å². The molecule has 6 nitrogen and oxygen atoms in total. The van der Waals surface area contributed by atoms with Gasteiger partial charge in [-0.25, -0.2) is 16.8 Å². The van der Waals surface area contributed by atoms with E-state index in [1.807, 2.05) is 0 Å². The van der Waals surface area contributed by atoms with Crippen molar-refractivity contribution in [3.05, 3.63) is 53.6 Å². The highest BCUT2D eigenvalue weighted by atomic mass is 35.5. The normalized spacial score (nSPS) is 16.0. The molecule has 0 bridgehead atoms. The summed E-state index contributed by atoms with van der Waals surface area (Å²) in [6.07, 6.45) is 1.72. The Labute approximate surface area is 152 Å². The number of hydrogen-bond donors (Lipinski definition) is 1. The molecule has 1 saturated heterocycles. The summed E-state index contributed by atoms with van der Waals surface area (Å²) in [5, 5.41) is 0.440. The maximum atomic E-state index is 12.5. The zero-order valence-corrected chi connectivity index (χ0v) is 15.6. The maximum absolute atomic E-state index is 12.5. The van der Waals surface area contributed by atoms with Crippen molar-refractivity contribution in [2.45, 2.75) is 22.6 Å². The van der Waals surface area contributed by atoms with Crippen LogP contribution >= 0.6 is 11.6 Å². The molecule has 1 aliphatic rings. The standard InChI is InChI=1S/C16H17ClN2O4S2/c17-13-3-7-15(8-4-13)24(20,21)18-14-5-9-16(10-6-14)25(22,23)19-11-1-2-12-19/h3-10,18H,1-2,11-12H2. The predicted molar refractivity (Wildman–Crippen MR) is 96.7 cm³/mol. The van der Waals surface area contributed by atoms with Gasteiger partial charge in [0, 0.05) is 23.8 Å². The molecule has 0 aliphatic carbocycles. The molecule has 25 heavy (non-hydrogen) atoms. The summed E-state index contributed by atoms with van der Waals surface area (Å²) < 4.78 is 53.4. The van der Waals surface area contributed by atoms with E-state index in [0.29, 0.717) is 18.1 Å². The van der Waals surface area contributed by atoms with Gasteiger partial charge in [0.1, 0.15) is 0 Å². The van der Waals surface area contributed by atoms with Crippen molar-refractivity contribution in [1.82, 2.24) is 4.31 Å². The van der Waals surface area contributed by atoms with Gasteiger partial charge in [-0.05, 0) is 61.4 Å². The van der Waals surface area contributed by atoms with Crippen LogP contribution in [0.2, 0.25) is 5.02 Å². The second kappa shape index (κ2) is 6.95. The van der Waals surface area contributed by atoms with Crippen LogP contribution in [0.3, 0.4) is 0 Å². The van der Waals surface area contributed by atoms with Gasteiger partial charge >= 0.3 is 0 Å². The van der Waals surface area contributed by atoms with E-state index in [2.05, 4.69) is 4.72 Å². The van der Waals surface area contributed by atoms with Crippen LogP contribution in [0.5, 0.6) is 0 Å². The number of sulfonamides is 2. The molecule has 1 N–H and O–H groups in total. The Bertz CT molecular complexity index is 950. The second-order valence-corrected chi connectivity index (χ2v) is 9.75. The average molecular weight is 401 g/mol. The van der Waals surface area contributed by atoms with Gasteiger partial charge in [-0.3, -0.25) is 4.72 Å². The topological polar surface area (TPSA) is 83.5 Å². The van der Waals surface area contributed by atoms with E-state index < -0.39 is 20.0 Å². The summed E-state index contributed by atoms with van der Waals surface area (Å²) >= 11 is 5.76. The van der Waals surface area contributed by atoms with E-state index in [1.54, 1.807) is 0 Å². The van der Waals surface area contributed by atoms with Crippen LogP contribution < -0.4 is 4.72 Å². The first kappa shape index (κ1) is 18.2. The van der Waals surface area contributed by atoms with Gasteiger partial charge in [-0.15, -0.1) is 0 Å². The van der Waals surface area contributed by atoms with Gasteiger partial charge in [0.15, 0.2) is 0 Å². The smallest absolute Gasteiger partial charge is 0.261 e. The monoisotopic (exact) mass is 400 g/mol. The molecule has 1 fully saturated rings. The van der Waals surface area contributed by atoms with Gasteiger partial charge < -0.3 is 0 Å². The van der Waals surface area contributed by atoms with Crippen LogP contribution in [0.1, 0.15) is 12.8 Å². The summed E-state index contributed by atoms with van der Waals surface area (Å²) in [5.41, 5.74) is 0.287. The summed E-state index contributed by atoms with van der Waals surface area (Å²) in [5.74, 6) is 0. The summed E-state index contributed by atoms with van der Waals surface area (Å²) in [6.45, 7) is 1.04. The first-order valence-corrected chi connectivity index (χ1v) is 11.0. The highest BCUT2D eigenvalue weighted by molar-refractivity contribution is 7.92. The number of nitrogens with zero attached hydrogens (tertiary/aromatic N) is 1. The van der Waals surface area contributed by atoms with Crippen molar-refractivity contribution >= 4 is 37.3 Å². The molecule has 2 aromatic rings. The Morgan fingerprint density at radius 1 is 0.800 bits per heavy atom. The largest absolute Gasteiger partial charge is 0.280 e. The fraction of sp³-hybridized carbons (Fsp3) is 0.250. The number of benzene rings is 2. The number of hydrogen-bond acceptors (Lipinski definition) is 4. The van der Waals surface area contributed by atoms with E-state index in [4.69, 9.17) is 11.6 Å². The highest BCUT2D eigenvalue weighted by Gasteiger charge is 2.27. The third kappa shape index (κ3) is 3.98. The zero-order valence-electron chi connectivity index (χ0n) is 13.2. The quantitative estimate of drug-likeness (QED) is 0.836. The molecule has 0 unspecified atom stereocenters. The average Bonchev–Trinajstić information content (AvgIpc) is 3.11. The molecule has 0 aromatic heterocycles. The maximum Gasteiger partial charge on any atom is 0.261 e. The minimum Gasteiger partial charge on any atom is -0.280 e. The van der Waals surface area contributed by atoms with E-state index in [1.165, 1.54) is 52.8 Å². The number of anilines is 1. The van der Waals surface area contributed by atoms with Crippen LogP contribution in [0.4, 0.5) is 5.69 Å². The molecule has 1 aliphatic heterocycles. The van der Waals surface area contributed by atoms with Gasteiger partial charge in [-0.2, -0.15) is 4.31 Å². The minimum absolute atomic E-state index is 0.0747. The lowest BCUT2D eigenvalue weighted by molar-refractivity contribution is 0.477. The highest BCUT2D eigenvalue weighted by Crippen LogP contribution is 2.23. The molecule has 9 heteroatoms. The van der Waals surface area contributed by atoms with E-state index >= 15 is 0 Å². The molecular weight excluding hydrogens is 384 g/mol. The third-order valence-corrected chi connectivity index (χ3v) is 7.50. The molecule has 0 radical (unpaired) electrons. The fourth-order valence-corrected chi connectivity index (χ4v) is 5.30. The Morgan fingerprint density at radius 3 is 1.88 bits per heavy atom. The van der Waals surface area contributed by atoms with E-state index in [-0.39, 0.29) is 15.5 Å². The van der Waals surface area contributed by atoms with Crippen molar-refractivity contribution in [3.8, 4) is 0 Å². The lowest BCUT2D eigenvalue weighted by Crippen LogP contribution is -2.27. The molecular formula is C16H17ClN2O4S2. The lowest BCUT2D eigenvalue weighted by Gasteiger charge is -2.16. The molecule has 0 amide bonds. The Hall–Kier alpha value is -1.61. The van der Waals surface area contributed by atoms with E-state index in [9.17, 15) is 16.8 Å². The van der Waals surface area contributed by atoms with Crippen molar-refractivity contribution in [3.63, 3.8) is 0 Å². The van der Waals surface area contributed by atoms with Gasteiger partial charge in [0.25, 0.3) is 10.0 Å². The molecule has 134 valence electrons. The SMILES string of the molecule is O=S(=O)(Nc1ccc(S(=O)(=O)N2CCCC2)cc1)c1ccc(Cl)cc1. The number of rotatable bonds is 5. The van der Waals surface area contributed by atoms with Crippen molar-refractivity contribution in [1.29, 1.82) is 0 Å². The first-order valence-electron chi connectivity index (χ1n) is 7.68. The number of nitrogens with one attached hydrogen (secondary N) is 1. The summed E-state index contributed by atoms with van der Waals surface area (Å²) in [7, 11) is -7.28. The Morgan fingerprint density at radius 2 is 1.32 bits per heavy atom.